The highest BCUT2D eigenvalue weighted by molar-refractivity contribution is 8.00. The van der Waals surface area contributed by atoms with Crippen molar-refractivity contribution in [3.05, 3.63) is 54.1 Å². The normalized spacial score (nSPS) is 16.1. The molecular formula is C23H28N4O4S2. The molecule has 1 aliphatic rings. The minimum Gasteiger partial charge on any atom is -0.379 e. The van der Waals surface area contributed by atoms with E-state index in [-0.39, 0.29) is 16.1 Å². The summed E-state index contributed by atoms with van der Waals surface area (Å²) in [5.74, 6) is -0.0749. The molecule has 1 unspecified atom stereocenters. The third-order valence-electron chi connectivity index (χ3n) is 5.57. The number of sulfonamides is 1. The molecule has 1 fully saturated rings. The van der Waals surface area contributed by atoms with Gasteiger partial charge < -0.3 is 14.6 Å². The van der Waals surface area contributed by atoms with E-state index in [0.29, 0.717) is 50.1 Å². The van der Waals surface area contributed by atoms with Crippen molar-refractivity contribution in [1.82, 2.24) is 19.2 Å². The van der Waals surface area contributed by atoms with Gasteiger partial charge in [-0.1, -0.05) is 42.1 Å². The molecule has 1 N–H and O–H groups in total. The second-order valence-corrected chi connectivity index (χ2v) is 11.0. The van der Waals surface area contributed by atoms with Gasteiger partial charge in [0.15, 0.2) is 5.16 Å². The molecule has 1 aliphatic heterocycles. The first kappa shape index (κ1) is 23.7. The van der Waals surface area contributed by atoms with Crippen molar-refractivity contribution >= 4 is 38.7 Å². The summed E-state index contributed by atoms with van der Waals surface area (Å²) in [5.41, 5.74) is 2.49. The molecule has 0 bridgehead atoms. The lowest BCUT2D eigenvalue weighted by Crippen LogP contribution is -2.40. The lowest BCUT2D eigenvalue weighted by atomic mass is 10.2. The molecule has 2 heterocycles. The summed E-state index contributed by atoms with van der Waals surface area (Å²) in [5, 5.41) is 3.30. The van der Waals surface area contributed by atoms with E-state index < -0.39 is 10.0 Å². The first-order valence-corrected chi connectivity index (χ1v) is 13.3. The highest BCUT2D eigenvalue weighted by Gasteiger charge is 2.27. The van der Waals surface area contributed by atoms with Gasteiger partial charge in [0.1, 0.15) is 0 Å². The van der Waals surface area contributed by atoms with E-state index in [1.165, 1.54) is 16.1 Å². The number of hydrogen-bond donors (Lipinski definition) is 1. The number of carbonyl (C=O) groups is 1. The molecule has 0 aliphatic carbocycles. The van der Waals surface area contributed by atoms with Crippen LogP contribution in [0.5, 0.6) is 0 Å². The largest absolute Gasteiger partial charge is 0.379 e. The van der Waals surface area contributed by atoms with Crippen molar-refractivity contribution in [3.8, 4) is 0 Å². The molecule has 1 saturated heterocycles. The monoisotopic (exact) mass is 488 g/mol. The van der Waals surface area contributed by atoms with Crippen molar-refractivity contribution < 1.29 is 17.9 Å². The van der Waals surface area contributed by atoms with Gasteiger partial charge in [0, 0.05) is 26.2 Å². The maximum absolute atomic E-state index is 13.0. The predicted octanol–water partition coefficient (Wildman–Crippen LogP) is 2.87. The Labute approximate surface area is 198 Å². The maximum Gasteiger partial charge on any atom is 0.243 e. The van der Waals surface area contributed by atoms with Crippen molar-refractivity contribution in [2.24, 2.45) is 0 Å². The average Bonchev–Trinajstić information content (AvgIpc) is 3.19. The summed E-state index contributed by atoms with van der Waals surface area (Å²) in [6.07, 6.45) is 0. The minimum atomic E-state index is -3.60. The van der Waals surface area contributed by atoms with Crippen LogP contribution in [0.4, 0.5) is 0 Å². The van der Waals surface area contributed by atoms with Crippen LogP contribution in [0.2, 0.25) is 0 Å². The van der Waals surface area contributed by atoms with Crippen molar-refractivity contribution in [1.29, 1.82) is 0 Å². The van der Waals surface area contributed by atoms with Gasteiger partial charge >= 0.3 is 0 Å². The zero-order valence-corrected chi connectivity index (χ0v) is 20.4. The third kappa shape index (κ3) is 5.24. The molecule has 10 heteroatoms. The van der Waals surface area contributed by atoms with Crippen LogP contribution < -0.4 is 5.32 Å². The Kier molecular flexibility index (Phi) is 7.38. The molecule has 1 atom stereocenters. The molecule has 8 nitrogen and oxygen atoms in total. The molecular weight excluding hydrogens is 460 g/mol. The second kappa shape index (κ2) is 10.3. The predicted molar refractivity (Wildman–Crippen MR) is 129 cm³/mol. The lowest BCUT2D eigenvalue weighted by molar-refractivity contribution is -0.120. The number of nitrogens with one attached hydrogen (secondary N) is 1. The van der Waals surface area contributed by atoms with E-state index in [9.17, 15) is 13.2 Å². The molecule has 0 spiro atoms. The van der Waals surface area contributed by atoms with E-state index in [1.807, 2.05) is 48.7 Å². The highest BCUT2D eigenvalue weighted by Crippen LogP contribution is 2.29. The van der Waals surface area contributed by atoms with E-state index in [1.54, 1.807) is 18.2 Å². The van der Waals surface area contributed by atoms with Gasteiger partial charge in [-0.3, -0.25) is 4.79 Å². The first-order valence-electron chi connectivity index (χ1n) is 11.0. The van der Waals surface area contributed by atoms with Crippen molar-refractivity contribution in [3.63, 3.8) is 0 Å². The highest BCUT2D eigenvalue weighted by atomic mass is 32.2. The number of imidazole rings is 1. The summed E-state index contributed by atoms with van der Waals surface area (Å²) in [7, 11) is -3.60. The Balaban J connectivity index is 1.52. The standard InChI is InChI=1S/C23H28N4O4S2/c1-3-27-21-10-9-19(33(29,30)26-11-13-31-14-12-26)15-20(21)25-23(27)32-17(2)22(28)24-16-18-7-5-4-6-8-18/h4-10,15,17H,3,11-14,16H2,1-2H3,(H,24,28). The van der Waals surface area contributed by atoms with Crippen LogP contribution in [0.1, 0.15) is 19.4 Å². The van der Waals surface area contributed by atoms with E-state index in [4.69, 9.17) is 4.74 Å². The van der Waals surface area contributed by atoms with Crippen LogP contribution in [0, 0.1) is 0 Å². The summed E-state index contributed by atoms with van der Waals surface area (Å²) in [6, 6.07) is 14.8. The summed E-state index contributed by atoms with van der Waals surface area (Å²) in [6.45, 7) is 6.47. The maximum atomic E-state index is 13.0. The lowest BCUT2D eigenvalue weighted by Gasteiger charge is -2.26. The quantitative estimate of drug-likeness (QED) is 0.490. The number of amides is 1. The van der Waals surface area contributed by atoms with Crippen LogP contribution >= 0.6 is 11.8 Å². The van der Waals surface area contributed by atoms with Crippen LogP contribution in [-0.4, -0.2) is 59.7 Å². The van der Waals surface area contributed by atoms with Gasteiger partial charge in [-0.2, -0.15) is 4.31 Å². The number of ether oxygens (including phenoxy) is 1. The van der Waals surface area contributed by atoms with Crippen molar-refractivity contribution in [2.75, 3.05) is 26.3 Å². The zero-order valence-electron chi connectivity index (χ0n) is 18.7. The number of fused-ring (bicyclic) bond motifs is 1. The number of carbonyl (C=O) groups excluding carboxylic acids is 1. The molecule has 3 aromatic rings. The molecule has 33 heavy (non-hydrogen) atoms. The molecule has 2 aromatic carbocycles. The number of aryl methyl sites for hydroxylation is 1. The summed E-state index contributed by atoms with van der Waals surface area (Å²) < 4.78 is 34.8. The number of morpholine rings is 1. The molecule has 1 aromatic heterocycles. The Morgan fingerprint density at radius 1 is 1.18 bits per heavy atom. The third-order valence-corrected chi connectivity index (χ3v) is 8.55. The summed E-state index contributed by atoms with van der Waals surface area (Å²) in [4.78, 5) is 17.5. The first-order chi connectivity index (χ1) is 15.9. The number of nitrogens with zero attached hydrogens (tertiary/aromatic N) is 3. The van der Waals surface area contributed by atoms with Crippen LogP contribution in [0.15, 0.2) is 58.6 Å². The van der Waals surface area contributed by atoms with Gasteiger partial charge in [0.05, 0.1) is 34.4 Å². The van der Waals surface area contributed by atoms with Gasteiger partial charge in [-0.25, -0.2) is 13.4 Å². The fourth-order valence-corrected chi connectivity index (χ4v) is 6.16. The Morgan fingerprint density at radius 2 is 1.91 bits per heavy atom. The molecule has 4 rings (SSSR count). The second-order valence-electron chi connectivity index (χ2n) is 7.77. The van der Waals surface area contributed by atoms with E-state index >= 15 is 0 Å². The Bertz CT molecular complexity index is 1220. The van der Waals surface area contributed by atoms with E-state index in [2.05, 4.69) is 10.3 Å². The Morgan fingerprint density at radius 3 is 2.61 bits per heavy atom. The topological polar surface area (TPSA) is 93.5 Å². The molecule has 0 saturated carbocycles. The molecule has 0 radical (unpaired) electrons. The Hall–Kier alpha value is -2.40. The molecule has 176 valence electrons. The number of thioether (sulfide) groups is 1. The van der Waals surface area contributed by atoms with Gasteiger partial charge in [0.25, 0.3) is 0 Å². The van der Waals surface area contributed by atoms with E-state index in [0.717, 1.165) is 11.1 Å². The van der Waals surface area contributed by atoms with Crippen LogP contribution in [-0.2, 0) is 32.6 Å². The zero-order chi connectivity index (χ0) is 23.4. The average molecular weight is 489 g/mol. The smallest absolute Gasteiger partial charge is 0.243 e. The SMILES string of the molecule is CCn1c(SC(C)C(=O)NCc2ccccc2)nc2cc(S(=O)(=O)N3CCOCC3)ccc21. The number of benzene rings is 2. The van der Waals surface area contributed by atoms with Gasteiger partial charge in [0.2, 0.25) is 15.9 Å². The van der Waals surface area contributed by atoms with Gasteiger partial charge in [-0.15, -0.1) is 0 Å². The summed E-state index contributed by atoms with van der Waals surface area (Å²) >= 11 is 1.37. The molecule has 1 amide bonds. The van der Waals surface area contributed by atoms with Crippen LogP contribution in [0.3, 0.4) is 0 Å². The number of hydrogen-bond acceptors (Lipinski definition) is 6. The van der Waals surface area contributed by atoms with Gasteiger partial charge in [-0.05, 0) is 37.6 Å². The van der Waals surface area contributed by atoms with Crippen molar-refractivity contribution in [2.45, 2.75) is 42.2 Å². The fourth-order valence-electron chi connectivity index (χ4n) is 3.72. The number of rotatable bonds is 8. The van der Waals surface area contributed by atoms with Crippen LogP contribution in [0.25, 0.3) is 11.0 Å². The number of aromatic nitrogens is 2. The minimum absolute atomic E-state index is 0.0749. The fraction of sp³-hybridized carbons (Fsp3) is 0.391.